The van der Waals surface area contributed by atoms with Gasteiger partial charge in [0.15, 0.2) is 9.84 Å². The standard InChI is InChI=1S/C11H23NO2S/c1-3-8-15(13,14)9-11(12-2)10-6-4-5-7-10/h10-12H,3-9H2,1-2H3. The summed E-state index contributed by atoms with van der Waals surface area (Å²) in [6.45, 7) is 1.92. The molecule has 3 nitrogen and oxygen atoms in total. The molecule has 1 N–H and O–H groups in total. The summed E-state index contributed by atoms with van der Waals surface area (Å²) in [7, 11) is -0.963. The molecule has 0 aliphatic heterocycles. The molecule has 1 aliphatic rings. The van der Waals surface area contributed by atoms with Crippen molar-refractivity contribution >= 4 is 9.84 Å². The van der Waals surface area contributed by atoms with Crippen LogP contribution in [-0.4, -0.2) is 33.0 Å². The molecule has 0 spiro atoms. The lowest BCUT2D eigenvalue weighted by Crippen LogP contribution is -2.39. The van der Waals surface area contributed by atoms with Crippen molar-refractivity contribution in [2.45, 2.75) is 45.1 Å². The van der Waals surface area contributed by atoms with Crippen molar-refractivity contribution in [1.82, 2.24) is 5.32 Å². The molecule has 1 saturated carbocycles. The van der Waals surface area contributed by atoms with Crippen LogP contribution in [0.1, 0.15) is 39.0 Å². The first-order valence-corrected chi connectivity index (χ1v) is 7.79. The van der Waals surface area contributed by atoms with Crippen LogP contribution in [0.15, 0.2) is 0 Å². The van der Waals surface area contributed by atoms with Crippen LogP contribution in [0.2, 0.25) is 0 Å². The van der Waals surface area contributed by atoms with Gasteiger partial charge in [0.05, 0.1) is 5.75 Å². The first-order chi connectivity index (χ1) is 7.09. The molecule has 1 aliphatic carbocycles. The van der Waals surface area contributed by atoms with Gasteiger partial charge in [-0.15, -0.1) is 0 Å². The van der Waals surface area contributed by atoms with Gasteiger partial charge in [-0.25, -0.2) is 8.42 Å². The number of sulfone groups is 1. The molecule has 0 aromatic carbocycles. The van der Waals surface area contributed by atoms with E-state index in [1.807, 2.05) is 14.0 Å². The van der Waals surface area contributed by atoms with E-state index < -0.39 is 9.84 Å². The first kappa shape index (κ1) is 13.0. The maximum Gasteiger partial charge on any atom is 0.151 e. The van der Waals surface area contributed by atoms with Gasteiger partial charge in [0.1, 0.15) is 0 Å². The van der Waals surface area contributed by atoms with Crippen molar-refractivity contribution in [3.05, 3.63) is 0 Å². The van der Waals surface area contributed by atoms with E-state index in [-0.39, 0.29) is 6.04 Å². The molecule has 1 fully saturated rings. The summed E-state index contributed by atoms with van der Waals surface area (Å²) in [6.07, 6.45) is 5.62. The van der Waals surface area contributed by atoms with Gasteiger partial charge in [-0.3, -0.25) is 0 Å². The topological polar surface area (TPSA) is 46.2 Å². The molecule has 90 valence electrons. The minimum atomic E-state index is -2.84. The quantitative estimate of drug-likeness (QED) is 0.758. The summed E-state index contributed by atoms with van der Waals surface area (Å²) in [5.41, 5.74) is 0. The fourth-order valence-corrected chi connectivity index (χ4v) is 4.26. The fraction of sp³-hybridized carbons (Fsp3) is 1.00. The average molecular weight is 233 g/mol. The van der Waals surface area contributed by atoms with Crippen LogP contribution in [0.3, 0.4) is 0 Å². The van der Waals surface area contributed by atoms with Crippen molar-refractivity contribution in [2.75, 3.05) is 18.6 Å². The van der Waals surface area contributed by atoms with E-state index in [2.05, 4.69) is 5.32 Å². The lowest BCUT2D eigenvalue weighted by molar-refractivity contribution is 0.404. The second kappa shape index (κ2) is 5.85. The summed E-state index contributed by atoms with van der Waals surface area (Å²) < 4.78 is 23.4. The van der Waals surface area contributed by atoms with Crippen LogP contribution in [0.5, 0.6) is 0 Å². The molecule has 1 rings (SSSR count). The Bertz CT molecular complexity index is 268. The van der Waals surface area contributed by atoms with E-state index in [0.29, 0.717) is 17.4 Å². The van der Waals surface area contributed by atoms with Crippen LogP contribution >= 0.6 is 0 Å². The Morgan fingerprint density at radius 2 is 1.93 bits per heavy atom. The molecule has 0 aromatic rings. The molecule has 0 amide bonds. The van der Waals surface area contributed by atoms with Gasteiger partial charge in [-0.1, -0.05) is 19.8 Å². The smallest absolute Gasteiger partial charge is 0.151 e. The summed E-state index contributed by atoms with van der Waals surface area (Å²) in [5, 5.41) is 3.18. The summed E-state index contributed by atoms with van der Waals surface area (Å²) in [4.78, 5) is 0. The van der Waals surface area contributed by atoms with Crippen molar-refractivity contribution in [3.63, 3.8) is 0 Å². The zero-order chi connectivity index (χ0) is 11.3. The third-order valence-corrected chi connectivity index (χ3v) is 5.19. The third kappa shape index (κ3) is 4.11. The van der Waals surface area contributed by atoms with Gasteiger partial charge in [-0.2, -0.15) is 0 Å². The molecular weight excluding hydrogens is 210 g/mol. The Kier molecular flexibility index (Phi) is 5.06. The molecule has 0 aromatic heterocycles. The minimum Gasteiger partial charge on any atom is -0.316 e. The summed E-state index contributed by atoms with van der Waals surface area (Å²) in [5.74, 6) is 1.22. The van der Waals surface area contributed by atoms with Crippen molar-refractivity contribution in [1.29, 1.82) is 0 Å². The van der Waals surface area contributed by atoms with Gasteiger partial charge >= 0.3 is 0 Å². The Balaban J connectivity index is 2.52. The highest BCUT2D eigenvalue weighted by atomic mass is 32.2. The summed E-state index contributed by atoms with van der Waals surface area (Å²) >= 11 is 0. The maximum absolute atomic E-state index is 11.7. The third-order valence-electron chi connectivity index (χ3n) is 3.29. The van der Waals surface area contributed by atoms with E-state index >= 15 is 0 Å². The lowest BCUT2D eigenvalue weighted by atomic mass is 10.0. The predicted molar refractivity (Wildman–Crippen MR) is 63.8 cm³/mol. The van der Waals surface area contributed by atoms with Gasteiger partial charge < -0.3 is 5.32 Å². The highest BCUT2D eigenvalue weighted by molar-refractivity contribution is 7.91. The Morgan fingerprint density at radius 3 is 2.40 bits per heavy atom. The largest absolute Gasteiger partial charge is 0.316 e. The molecule has 0 bridgehead atoms. The van der Waals surface area contributed by atoms with Crippen LogP contribution in [-0.2, 0) is 9.84 Å². The van der Waals surface area contributed by atoms with E-state index in [0.717, 1.165) is 6.42 Å². The van der Waals surface area contributed by atoms with Crippen LogP contribution < -0.4 is 5.32 Å². The molecule has 0 heterocycles. The predicted octanol–water partition coefficient (Wildman–Crippen LogP) is 1.59. The number of nitrogens with one attached hydrogen (secondary N) is 1. The molecule has 1 unspecified atom stereocenters. The Hall–Kier alpha value is -0.0900. The van der Waals surface area contributed by atoms with Crippen molar-refractivity contribution in [2.24, 2.45) is 5.92 Å². The van der Waals surface area contributed by atoms with Crippen LogP contribution in [0.25, 0.3) is 0 Å². The first-order valence-electron chi connectivity index (χ1n) is 5.96. The van der Waals surface area contributed by atoms with Crippen LogP contribution in [0.4, 0.5) is 0 Å². The minimum absolute atomic E-state index is 0.170. The zero-order valence-electron chi connectivity index (χ0n) is 9.83. The van der Waals surface area contributed by atoms with Gasteiger partial charge in [-0.05, 0) is 32.2 Å². The number of hydrogen-bond donors (Lipinski definition) is 1. The highest BCUT2D eigenvalue weighted by Crippen LogP contribution is 2.28. The molecular formula is C11H23NO2S. The molecule has 4 heteroatoms. The number of rotatable bonds is 6. The van der Waals surface area contributed by atoms with E-state index in [1.54, 1.807) is 0 Å². The SMILES string of the molecule is CCCS(=O)(=O)CC(NC)C1CCCC1. The zero-order valence-corrected chi connectivity index (χ0v) is 10.6. The molecule has 1 atom stereocenters. The normalized spacial score (nSPS) is 20.7. The summed E-state index contributed by atoms with van der Waals surface area (Å²) in [6, 6.07) is 0.170. The van der Waals surface area contributed by atoms with E-state index in [1.165, 1.54) is 25.7 Å². The molecule has 0 radical (unpaired) electrons. The lowest BCUT2D eigenvalue weighted by Gasteiger charge is -2.22. The van der Waals surface area contributed by atoms with Crippen molar-refractivity contribution in [3.8, 4) is 0 Å². The Labute approximate surface area is 93.6 Å². The molecule has 15 heavy (non-hydrogen) atoms. The van der Waals surface area contributed by atoms with E-state index in [9.17, 15) is 8.42 Å². The van der Waals surface area contributed by atoms with Gasteiger partial charge in [0, 0.05) is 11.8 Å². The highest BCUT2D eigenvalue weighted by Gasteiger charge is 2.27. The monoisotopic (exact) mass is 233 g/mol. The second-order valence-corrected chi connectivity index (χ2v) is 6.78. The van der Waals surface area contributed by atoms with Crippen molar-refractivity contribution < 1.29 is 8.42 Å². The van der Waals surface area contributed by atoms with Gasteiger partial charge in [0.25, 0.3) is 0 Å². The average Bonchev–Trinajstić information content (AvgIpc) is 2.67. The second-order valence-electron chi connectivity index (χ2n) is 4.55. The van der Waals surface area contributed by atoms with Gasteiger partial charge in [0.2, 0.25) is 0 Å². The Morgan fingerprint density at radius 1 is 1.33 bits per heavy atom. The maximum atomic E-state index is 11.7. The number of hydrogen-bond acceptors (Lipinski definition) is 3. The van der Waals surface area contributed by atoms with E-state index in [4.69, 9.17) is 0 Å². The molecule has 0 saturated heterocycles. The fourth-order valence-electron chi connectivity index (χ4n) is 2.48. The van der Waals surface area contributed by atoms with Crippen LogP contribution in [0, 0.1) is 5.92 Å².